The summed E-state index contributed by atoms with van der Waals surface area (Å²) in [5, 5.41) is 11.4. The van der Waals surface area contributed by atoms with E-state index in [1.165, 1.54) is 36.4 Å². The molecule has 0 amide bonds. The molecule has 3 aromatic rings. The molecule has 0 bridgehead atoms. The minimum Gasteiger partial charge on any atom is -0.457 e. The summed E-state index contributed by atoms with van der Waals surface area (Å²) in [6, 6.07) is 18.7. The van der Waals surface area contributed by atoms with Gasteiger partial charge in [0.25, 0.3) is 0 Å². The van der Waals surface area contributed by atoms with Gasteiger partial charge in [0, 0.05) is 0 Å². The van der Waals surface area contributed by atoms with Gasteiger partial charge in [0.15, 0.2) is 5.75 Å². The minimum atomic E-state index is -4.72. The molecule has 0 atom stereocenters. The van der Waals surface area contributed by atoms with Crippen LogP contribution < -0.4 is 9.47 Å². The van der Waals surface area contributed by atoms with Gasteiger partial charge in [-0.1, -0.05) is 24.3 Å². The number of ether oxygens (including phenoxy) is 2. The molecule has 0 spiro atoms. The molecule has 0 N–H and O–H groups in total. The lowest BCUT2D eigenvalue weighted by Gasteiger charge is -2.10. The van der Waals surface area contributed by atoms with Gasteiger partial charge >= 0.3 is 6.36 Å². The third-order valence-electron chi connectivity index (χ3n) is 3.31. The topological polar surface area (TPSA) is 38.4 Å². The third-order valence-corrected chi connectivity index (χ3v) is 3.31. The van der Waals surface area contributed by atoms with Crippen molar-refractivity contribution in [1.29, 1.82) is 0 Å². The number of benzene rings is 3. The maximum absolute atomic E-state index is 12.1. The van der Waals surface area contributed by atoms with Crippen molar-refractivity contribution in [2.24, 2.45) is 0 Å². The second-order valence-corrected chi connectivity index (χ2v) is 5.17. The SMILES string of the molecule is [O]c1cccc(-c2ccc(Oc3ccc(OC(F)(F)F)cc3)cc2)c1. The zero-order valence-electron chi connectivity index (χ0n) is 12.8. The van der Waals surface area contributed by atoms with Crippen LogP contribution in [0, 0.1) is 0 Å². The Morgan fingerprint density at radius 1 is 0.680 bits per heavy atom. The quantitative estimate of drug-likeness (QED) is 0.565. The van der Waals surface area contributed by atoms with Gasteiger partial charge in [0.05, 0.1) is 0 Å². The lowest BCUT2D eigenvalue weighted by molar-refractivity contribution is -0.274. The van der Waals surface area contributed by atoms with Gasteiger partial charge in [-0.2, -0.15) is 0 Å². The molecule has 0 aromatic heterocycles. The fraction of sp³-hybridized carbons (Fsp3) is 0.0526. The molecule has 0 saturated carbocycles. The second-order valence-electron chi connectivity index (χ2n) is 5.17. The molecular weight excluding hydrogens is 333 g/mol. The summed E-state index contributed by atoms with van der Waals surface area (Å²) < 4.78 is 45.7. The molecule has 127 valence electrons. The first-order valence-electron chi connectivity index (χ1n) is 7.30. The molecule has 0 heterocycles. The van der Waals surface area contributed by atoms with E-state index in [2.05, 4.69) is 4.74 Å². The molecule has 1 radical (unpaired) electrons. The molecule has 0 aliphatic carbocycles. The monoisotopic (exact) mass is 345 g/mol. The Labute approximate surface area is 141 Å². The highest BCUT2D eigenvalue weighted by atomic mass is 19.4. The summed E-state index contributed by atoms with van der Waals surface area (Å²) in [7, 11) is 0. The number of alkyl halides is 3. The first-order valence-corrected chi connectivity index (χ1v) is 7.30. The Balaban J connectivity index is 1.69. The Hall–Kier alpha value is -3.15. The van der Waals surface area contributed by atoms with Crippen molar-refractivity contribution in [2.75, 3.05) is 0 Å². The predicted molar refractivity (Wildman–Crippen MR) is 85.2 cm³/mol. The lowest BCUT2D eigenvalue weighted by Crippen LogP contribution is -2.16. The lowest BCUT2D eigenvalue weighted by atomic mass is 10.1. The second kappa shape index (κ2) is 6.76. The fourth-order valence-corrected chi connectivity index (χ4v) is 2.24. The average molecular weight is 345 g/mol. The van der Waals surface area contributed by atoms with Crippen molar-refractivity contribution in [3.8, 4) is 34.1 Å². The van der Waals surface area contributed by atoms with E-state index in [1.54, 1.807) is 30.3 Å². The molecule has 3 nitrogen and oxygen atoms in total. The van der Waals surface area contributed by atoms with Crippen molar-refractivity contribution in [2.45, 2.75) is 6.36 Å². The molecule has 3 aromatic carbocycles. The predicted octanol–water partition coefficient (Wildman–Crippen LogP) is 6.19. The number of hydrogen-bond acceptors (Lipinski definition) is 2. The van der Waals surface area contributed by atoms with Crippen LogP contribution in [0.25, 0.3) is 11.1 Å². The first kappa shape index (κ1) is 16.7. The molecule has 25 heavy (non-hydrogen) atoms. The van der Waals surface area contributed by atoms with Crippen LogP contribution in [0.5, 0.6) is 23.0 Å². The van der Waals surface area contributed by atoms with Crippen molar-refractivity contribution in [3.63, 3.8) is 0 Å². The van der Waals surface area contributed by atoms with Crippen LogP contribution in [0.4, 0.5) is 13.2 Å². The van der Waals surface area contributed by atoms with E-state index in [-0.39, 0.29) is 11.5 Å². The largest absolute Gasteiger partial charge is 0.573 e. The van der Waals surface area contributed by atoms with Crippen LogP contribution in [0.1, 0.15) is 0 Å². The Kier molecular flexibility index (Phi) is 4.52. The number of rotatable bonds is 4. The van der Waals surface area contributed by atoms with Gasteiger partial charge in [-0.05, 0) is 59.7 Å². The van der Waals surface area contributed by atoms with Gasteiger partial charge in [-0.3, -0.25) is 5.11 Å². The molecule has 0 aliphatic heterocycles. The standard InChI is InChI=1S/C19H12F3O3/c20-19(21,22)25-18-10-8-17(9-11-18)24-16-6-4-13(5-7-16)14-2-1-3-15(23)12-14/h1-12H. The highest BCUT2D eigenvalue weighted by Crippen LogP contribution is 2.29. The molecule has 0 saturated heterocycles. The van der Waals surface area contributed by atoms with E-state index in [0.717, 1.165) is 11.1 Å². The maximum atomic E-state index is 12.1. The Morgan fingerprint density at radius 2 is 1.24 bits per heavy atom. The molecule has 6 heteroatoms. The third kappa shape index (κ3) is 4.67. The van der Waals surface area contributed by atoms with Crippen molar-refractivity contribution < 1.29 is 27.8 Å². The summed E-state index contributed by atoms with van der Waals surface area (Å²) in [5.41, 5.74) is 1.66. The first-order chi connectivity index (χ1) is 11.9. The van der Waals surface area contributed by atoms with Gasteiger partial charge < -0.3 is 9.47 Å². The summed E-state index contributed by atoms with van der Waals surface area (Å²) in [4.78, 5) is 0. The zero-order valence-corrected chi connectivity index (χ0v) is 12.8. The number of hydrogen-bond donors (Lipinski definition) is 0. The minimum absolute atomic E-state index is 0.0704. The smallest absolute Gasteiger partial charge is 0.457 e. The van der Waals surface area contributed by atoms with Gasteiger partial charge in [0.2, 0.25) is 0 Å². The van der Waals surface area contributed by atoms with Crippen LogP contribution >= 0.6 is 0 Å². The van der Waals surface area contributed by atoms with Crippen LogP contribution in [0.15, 0.2) is 72.8 Å². The van der Waals surface area contributed by atoms with Crippen molar-refractivity contribution in [1.82, 2.24) is 0 Å². The number of halogens is 3. The van der Waals surface area contributed by atoms with E-state index >= 15 is 0 Å². The highest BCUT2D eigenvalue weighted by Gasteiger charge is 2.30. The summed E-state index contributed by atoms with van der Waals surface area (Å²) in [6.07, 6.45) is -4.72. The van der Waals surface area contributed by atoms with Crippen LogP contribution in [-0.4, -0.2) is 6.36 Å². The van der Waals surface area contributed by atoms with Crippen LogP contribution in [0.3, 0.4) is 0 Å². The molecule has 0 aliphatic rings. The van der Waals surface area contributed by atoms with Gasteiger partial charge in [0.1, 0.15) is 17.2 Å². The summed E-state index contributed by atoms with van der Waals surface area (Å²) in [5.74, 6) is 0.516. The summed E-state index contributed by atoms with van der Waals surface area (Å²) >= 11 is 0. The zero-order chi connectivity index (χ0) is 17.9. The Bertz CT molecular complexity index is 841. The van der Waals surface area contributed by atoms with Crippen molar-refractivity contribution in [3.05, 3.63) is 72.8 Å². The molecule has 0 fully saturated rings. The van der Waals surface area contributed by atoms with E-state index in [9.17, 15) is 18.3 Å². The normalized spacial score (nSPS) is 11.2. The van der Waals surface area contributed by atoms with E-state index in [1.807, 2.05) is 6.07 Å². The van der Waals surface area contributed by atoms with Crippen LogP contribution in [-0.2, 0) is 5.11 Å². The Morgan fingerprint density at radius 3 is 1.80 bits per heavy atom. The summed E-state index contributed by atoms with van der Waals surface area (Å²) in [6.45, 7) is 0. The highest BCUT2D eigenvalue weighted by molar-refractivity contribution is 5.65. The van der Waals surface area contributed by atoms with E-state index in [4.69, 9.17) is 4.74 Å². The molecule has 0 unspecified atom stereocenters. The molecular formula is C19H12F3O3. The van der Waals surface area contributed by atoms with E-state index < -0.39 is 6.36 Å². The average Bonchev–Trinajstić information content (AvgIpc) is 2.56. The van der Waals surface area contributed by atoms with Gasteiger partial charge in [-0.25, -0.2) is 0 Å². The van der Waals surface area contributed by atoms with Crippen LogP contribution in [0.2, 0.25) is 0 Å². The van der Waals surface area contributed by atoms with Gasteiger partial charge in [-0.15, -0.1) is 13.2 Å². The van der Waals surface area contributed by atoms with E-state index in [0.29, 0.717) is 11.5 Å². The van der Waals surface area contributed by atoms with Crippen molar-refractivity contribution >= 4 is 0 Å². The maximum Gasteiger partial charge on any atom is 0.573 e. The molecule has 3 rings (SSSR count). The fourth-order valence-electron chi connectivity index (χ4n) is 2.24.